The molecule has 1 unspecified atom stereocenters. The van der Waals surface area contributed by atoms with Gasteiger partial charge in [0.25, 0.3) is 5.91 Å². The largest absolute Gasteiger partial charge is 0.447 e. The zero-order valence-electron chi connectivity index (χ0n) is 17.1. The van der Waals surface area contributed by atoms with Crippen LogP contribution in [0.5, 0.6) is 0 Å². The lowest BCUT2D eigenvalue weighted by Crippen LogP contribution is -2.49. The quantitative estimate of drug-likeness (QED) is 0.524. The second-order valence-corrected chi connectivity index (χ2v) is 8.28. The van der Waals surface area contributed by atoms with E-state index >= 15 is 0 Å². The van der Waals surface area contributed by atoms with E-state index in [1.165, 1.54) is 18.3 Å². The van der Waals surface area contributed by atoms with Crippen molar-refractivity contribution >= 4 is 17.7 Å². The van der Waals surface area contributed by atoms with Crippen molar-refractivity contribution in [2.45, 2.75) is 23.5 Å². The molecule has 2 aromatic heterocycles. The molecule has 168 valence electrons. The Morgan fingerprint density at radius 3 is 2.50 bits per heavy atom. The maximum absolute atomic E-state index is 12.9. The highest BCUT2D eigenvalue weighted by Gasteiger charge is 2.34. The Kier molecular flexibility index (Phi) is 6.47. The Labute approximate surface area is 186 Å². The Morgan fingerprint density at radius 2 is 1.81 bits per heavy atom. The van der Waals surface area contributed by atoms with Crippen LogP contribution in [0.3, 0.4) is 0 Å². The molecule has 0 saturated carbocycles. The number of carbonyl (C=O) groups is 1. The van der Waals surface area contributed by atoms with E-state index in [0.29, 0.717) is 37.9 Å². The number of hydrogen-bond donors (Lipinski definition) is 0. The van der Waals surface area contributed by atoms with E-state index in [0.717, 1.165) is 5.56 Å². The van der Waals surface area contributed by atoms with Crippen LogP contribution in [-0.4, -0.2) is 62.5 Å². The molecule has 1 saturated heterocycles. The van der Waals surface area contributed by atoms with Crippen molar-refractivity contribution in [2.75, 3.05) is 26.2 Å². The Morgan fingerprint density at radius 1 is 1.09 bits per heavy atom. The summed E-state index contributed by atoms with van der Waals surface area (Å²) in [5.74, 6) is 0.522. The zero-order chi connectivity index (χ0) is 22.7. The molecule has 3 heterocycles. The second kappa shape index (κ2) is 9.29. The normalized spacial score (nSPS) is 16.2. The lowest BCUT2D eigenvalue weighted by atomic mass is 10.2. The molecule has 0 bridgehead atoms. The van der Waals surface area contributed by atoms with Crippen LogP contribution in [0.1, 0.15) is 29.2 Å². The summed E-state index contributed by atoms with van der Waals surface area (Å²) in [6, 6.07) is 12.2. The number of pyridine rings is 1. The molecule has 1 aliphatic rings. The van der Waals surface area contributed by atoms with Gasteiger partial charge in [0.05, 0.1) is 11.6 Å². The number of aromatic nitrogens is 3. The van der Waals surface area contributed by atoms with E-state index in [1.807, 2.05) is 37.3 Å². The SMILES string of the molecule is CC(c1nc(-c2ccccc2)no1)N1CCN(C(=O)c2cccnc2SC(F)(F)F)CC1. The molecule has 11 heteroatoms. The second-order valence-electron chi connectivity index (χ2n) is 7.23. The fourth-order valence-corrected chi connectivity index (χ4v) is 4.09. The molecule has 0 N–H and O–H groups in total. The summed E-state index contributed by atoms with van der Waals surface area (Å²) in [7, 11) is 0. The van der Waals surface area contributed by atoms with Crippen molar-refractivity contribution < 1.29 is 22.5 Å². The first-order chi connectivity index (χ1) is 15.3. The van der Waals surface area contributed by atoms with Gasteiger partial charge in [0.1, 0.15) is 5.03 Å². The summed E-state index contributed by atoms with van der Waals surface area (Å²) in [6.07, 6.45) is 1.25. The van der Waals surface area contributed by atoms with Crippen LogP contribution < -0.4 is 0 Å². The van der Waals surface area contributed by atoms with Crippen molar-refractivity contribution in [2.24, 2.45) is 0 Å². The van der Waals surface area contributed by atoms with Gasteiger partial charge in [0, 0.05) is 49.7 Å². The number of nitrogens with zero attached hydrogens (tertiary/aromatic N) is 5. The average Bonchev–Trinajstić information content (AvgIpc) is 3.28. The van der Waals surface area contributed by atoms with Crippen LogP contribution in [0, 0.1) is 0 Å². The summed E-state index contributed by atoms with van der Waals surface area (Å²) in [4.78, 5) is 24.7. The Bertz CT molecular complexity index is 1070. The van der Waals surface area contributed by atoms with E-state index in [1.54, 1.807) is 4.90 Å². The Hall–Kier alpha value is -2.92. The standard InChI is InChI=1S/C21H20F3N5O2S/c1-14(18-26-17(27-31-18)15-6-3-2-4-7-15)28-10-12-29(13-11-28)20(30)16-8-5-9-25-19(16)32-21(22,23)24/h2-9,14H,10-13H2,1H3. The van der Waals surface area contributed by atoms with Crippen LogP contribution >= 0.6 is 11.8 Å². The lowest BCUT2D eigenvalue weighted by molar-refractivity contribution is -0.0329. The van der Waals surface area contributed by atoms with Gasteiger partial charge >= 0.3 is 5.51 Å². The predicted octanol–water partition coefficient (Wildman–Crippen LogP) is 4.26. The van der Waals surface area contributed by atoms with Gasteiger partial charge in [-0.1, -0.05) is 35.5 Å². The molecule has 4 rings (SSSR count). The number of benzene rings is 1. The maximum Gasteiger partial charge on any atom is 0.447 e. The molecule has 1 atom stereocenters. The van der Waals surface area contributed by atoms with Gasteiger partial charge in [-0.2, -0.15) is 18.2 Å². The first kappa shape index (κ1) is 22.3. The lowest BCUT2D eigenvalue weighted by Gasteiger charge is -2.37. The van der Waals surface area contributed by atoms with Crippen molar-refractivity contribution in [1.29, 1.82) is 0 Å². The topological polar surface area (TPSA) is 75.4 Å². The number of alkyl halides is 3. The molecule has 1 fully saturated rings. The Balaban J connectivity index is 1.39. The first-order valence-corrected chi connectivity index (χ1v) is 10.8. The fraction of sp³-hybridized carbons (Fsp3) is 0.333. The molecule has 1 aliphatic heterocycles. The molecular formula is C21H20F3N5O2S. The molecule has 3 aromatic rings. The van der Waals surface area contributed by atoms with Crippen molar-refractivity contribution in [3.05, 3.63) is 60.1 Å². The molecule has 0 aliphatic carbocycles. The van der Waals surface area contributed by atoms with Gasteiger partial charge < -0.3 is 9.42 Å². The molecule has 32 heavy (non-hydrogen) atoms. The molecule has 0 radical (unpaired) electrons. The maximum atomic E-state index is 12.9. The summed E-state index contributed by atoms with van der Waals surface area (Å²) < 4.78 is 43.9. The van der Waals surface area contributed by atoms with Crippen molar-refractivity contribution in [3.8, 4) is 11.4 Å². The van der Waals surface area contributed by atoms with Crippen LogP contribution in [0.25, 0.3) is 11.4 Å². The van der Waals surface area contributed by atoms with Gasteiger partial charge in [-0.05, 0) is 19.1 Å². The highest BCUT2D eigenvalue weighted by molar-refractivity contribution is 8.00. The predicted molar refractivity (Wildman–Crippen MR) is 112 cm³/mol. The van der Waals surface area contributed by atoms with Gasteiger partial charge in [-0.25, -0.2) is 4.98 Å². The fourth-order valence-electron chi connectivity index (χ4n) is 3.49. The van der Waals surface area contributed by atoms with E-state index < -0.39 is 11.4 Å². The third-order valence-electron chi connectivity index (χ3n) is 5.19. The van der Waals surface area contributed by atoms with Crippen LogP contribution in [0.4, 0.5) is 13.2 Å². The van der Waals surface area contributed by atoms with Crippen LogP contribution in [-0.2, 0) is 0 Å². The summed E-state index contributed by atoms with van der Waals surface area (Å²) in [5.41, 5.74) is -3.70. The number of hydrogen-bond acceptors (Lipinski definition) is 7. The van der Waals surface area contributed by atoms with Gasteiger partial charge in [0.2, 0.25) is 11.7 Å². The minimum absolute atomic E-state index is 0.0410. The van der Waals surface area contributed by atoms with Crippen LogP contribution in [0.2, 0.25) is 0 Å². The van der Waals surface area contributed by atoms with Gasteiger partial charge in [0.15, 0.2) is 0 Å². The third-order valence-corrected chi connectivity index (χ3v) is 5.94. The minimum Gasteiger partial charge on any atom is -0.337 e. The van der Waals surface area contributed by atoms with Gasteiger partial charge in [-0.3, -0.25) is 9.69 Å². The van der Waals surface area contributed by atoms with Gasteiger partial charge in [-0.15, -0.1) is 0 Å². The molecule has 1 aromatic carbocycles. The average molecular weight is 463 g/mol. The van der Waals surface area contributed by atoms with E-state index in [4.69, 9.17) is 4.52 Å². The van der Waals surface area contributed by atoms with E-state index in [2.05, 4.69) is 20.0 Å². The monoisotopic (exact) mass is 463 g/mol. The number of halogens is 3. The smallest absolute Gasteiger partial charge is 0.337 e. The van der Waals surface area contributed by atoms with Crippen LogP contribution in [0.15, 0.2) is 58.2 Å². The minimum atomic E-state index is -4.51. The number of carbonyl (C=O) groups excluding carboxylic acids is 1. The van der Waals surface area contributed by atoms with E-state index in [9.17, 15) is 18.0 Å². The zero-order valence-corrected chi connectivity index (χ0v) is 17.9. The molecular weight excluding hydrogens is 443 g/mol. The first-order valence-electron chi connectivity index (χ1n) is 9.95. The van der Waals surface area contributed by atoms with Crippen molar-refractivity contribution in [3.63, 3.8) is 0 Å². The van der Waals surface area contributed by atoms with E-state index in [-0.39, 0.29) is 28.4 Å². The molecule has 1 amide bonds. The number of rotatable bonds is 5. The third kappa shape index (κ3) is 5.10. The summed E-state index contributed by atoms with van der Waals surface area (Å²) in [5, 5.41) is 3.71. The number of piperazine rings is 1. The summed E-state index contributed by atoms with van der Waals surface area (Å²) in [6.45, 7) is 3.73. The van der Waals surface area contributed by atoms with Crippen molar-refractivity contribution in [1.82, 2.24) is 24.9 Å². The number of amides is 1. The highest BCUT2D eigenvalue weighted by Crippen LogP contribution is 2.37. The summed E-state index contributed by atoms with van der Waals surface area (Å²) >= 11 is -0.374. The number of thioether (sulfide) groups is 1. The molecule has 0 spiro atoms. The highest BCUT2D eigenvalue weighted by atomic mass is 32.2. The molecule has 7 nitrogen and oxygen atoms in total.